The molecule has 11 heavy (non-hydrogen) atoms. The van der Waals surface area contributed by atoms with Crippen LogP contribution in [0.3, 0.4) is 0 Å². The van der Waals surface area contributed by atoms with Crippen LogP contribution in [0.1, 0.15) is 13.8 Å². The van der Waals surface area contributed by atoms with E-state index >= 15 is 0 Å². The van der Waals surface area contributed by atoms with Crippen LogP contribution < -0.4 is 0 Å². The van der Waals surface area contributed by atoms with Crippen LogP contribution in [-0.2, 0) is 9.53 Å². The average Bonchev–Trinajstić information content (AvgIpc) is 1.80. The summed E-state index contributed by atoms with van der Waals surface area (Å²) in [4.78, 5) is 11.0. The molecule has 0 unspecified atom stereocenters. The summed E-state index contributed by atoms with van der Waals surface area (Å²) in [7, 11) is 0. The summed E-state index contributed by atoms with van der Waals surface area (Å²) in [6.45, 7) is 4.39. The molecule has 0 bridgehead atoms. The van der Waals surface area contributed by atoms with Gasteiger partial charge in [0.25, 0.3) is 0 Å². The maximum absolute atomic E-state index is 11.0. The molecular formula is C6H9Br3O2. The van der Waals surface area contributed by atoms with Crippen molar-refractivity contribution in [1.82, 2.24) is 0 Å². The minimum atomic E-state index is -0.929. The SMILES string of the molecule is CC(C)COC(=O)C(Br)(Br)Br. The highest BCUT2D eigenvalue weighted by Crippen LogP contribution is 2.34. The quantitative estimate of drug-likeness (QED) is 0.564. The lowest BCUT2D eigenvalue weighted by Crippen LogP contribution is -2.22. The smallest absolute Gasteiger partial charge is 0.344 e. The number of halogens is 3. The van der Waals surface area contributed by atoms with E-state index in [1.807, 2.05) is 13.8 Å². The lowest BCUT2D eigenvalue weighted by atomic mass is 10.2. The highest BCUT2D eigenvalue weighted by atomic mass is 80.0. The second-order valence-corrected chi connectivity index (χ2v) is 9.25. The minimum Gasteiger partial charge on any atom is -0.463 e. The largest absolute Gasteiger partial charge is 0.463 e. The number of esters is 1. The second-order valence-electron chi connectivity index (χ2n) is 2.49. The third-order valence-electron chi connectivity index (χ3n) is 0.779. The van der Waals surface area contributed by atoms with E-state index in [-0.39, 0.29) is 5.97 Å². The number of rotatable bonds is 2. The van der Waals surface area contributed by atoms with Crippen molar-refractivity contribution in [2.75, 3.05) is 6.61 Å². The Hall–Kier alpha value is 0.910. The van der Waals surface area contributed by atoms with E-state index in [2.05, 4.69) is 47.8 Å². The van der Waals surface area contributed by atoms with Gasteiger partial charge in [0.2, 0.25) is 2.14 Å². The van der Waals surface area contributed by atoms with Crippen LogP contribution >= 0.6 is 47.8 Å². The third kappa shape index (κ3) is 6.11. The molecular weight excluding hydrogens is 344 g/mol. The summed E-state index contributed by atoms with van der Waals surface area (Å²) in [5.41, 5.74) is 0. The van der Waals surface area contributed by atoms with Crippen molar-refractivity contribution >= 4 is 53.8 Å². The molecule has 0 rings (SSSR count). The number of carbonyl (C=O) groups excluding carboxylic acids is 1. The minimum absolute atomic E-state index is 0.355. The summed E-state index contributed by atoms with van der Waals surface area (Å²) in [5.74, 6) is -0.0139. The fourth-order valence-electron chi connectivity index (χ4n) is 0.324. The number of alkyl halides is 3. The van der Waals surface area contributed by atoms with E-state index in [9.17, 15) is 4.79 Å². The van der Waals surface area contributed by atoms with Crippen molar-refractivity contribution in [3.05, 3.63) is 0 Å². The van der Waals surface area contributed by atoms with Gasteiger partial charge < -0.3 is 4.74 Å². The predicted molar refractivity (Wildman–Crippen MR) is 55.3 cm³/mol. The average molecular weight is 353 g/mol. The molecule has 0 aliphatic heterocycles. The van der Waals surface area contributed by atoms with Gasteiger partial charge in [-0.3, -0.25) is 0 Å². The fraction of sp³-hybridized carbons (Fsp3) is 0.833. The first-order valence-corrected chi connectivity index (χ1v) is 5.46. The Morgan fingerprint density at radius 1 is 1.45 bits per heavy atom. The van der Waals surface area contributed by atoms with Gasteiger partial charge in [0, 0.05) is 0 Å². The fourth-order valence-corrected chi connectivity index (χ4v) is 0.668. The van der Waals surface area contributed by atoms with Crippen LogP contribution in [-0.4, -0.2) is 14.7 Å². The summed E-state index contributed by atoms with van der Waals surface area (Å²) in [6, 6.07) is 0. The molecule has 66 valence electrons. The van der Waals surface area contributed by atoms with E-state index in [4.69, 9.17) is 4.74 Å². The van der Waals surface area contributed by atoms with Gasteiger partial charge in [-0.1, -0.05) is 13.8 Å². The summed E-state index contributed by atoms with van der Waals surface area (Å²) >= 11 is 9.16. The van der Waals surface area contributed by atoms with Gasteiger partial charge in [0.15, 0.2) is 0 Å². The zero-order valence-electron chi connectivity index (χ0n) is 6.23. The van der Waals surface area contributed by atoms with Gasteiger partial charge in [-0.2, -0.15) is 0 Å². The maximum Gasteiger partial charge on any atom is 0.344 e. The Morgan fingerprint density at radius 2 is 1.91 bits per heavy atom. The number of hydrogen-bond donors (Lipinski definition) is 0. The molecule has 0 atom stereocenters. The first kappa shape index (κ1) is 11.9. The monoisotopic (exact) mass is 350 g/mol. The Kier molecular flexibility index (Phi) is 5.22. The van der Waals surface area contributed by atoms with Crippen LogP contribution in [0.2, 0.25) is 0 Å². The molecule has 0 aromatic carbocycles. The Balaban J connectivity index is 3.71. The molecule has 0 N–H and O–H groups in total. The lowest BCUT2D eigenvalue weighted by Gasteiger charge is -2.12. The molecule has 2 nitrogen and oxygen atoms in total. The van der Waals surface area contributed by atoms with Crippen LogP contribution in [0.25, 0.3) is 0 Å². The highest BCUT2D eigenvalue weighted by molar-refractivity contribution is 9.40. The second kappa shape index (κ2) is 4.82. The first-order valence-electron chi connectivity index (χ1n) is 3.08. The molecule has 0 aliphatic carbocycles. The normalized spacial score (nSPS) is 11.8. The van der Waals surface area contributed by atoms with Gasteiger partial charge in [0.05, 0.1) is 6.61 Å². The van der Waals surface area contributed by atoms with E-state index in [1.165, 1.54) is 0 Å². The molecule has 0 radical (unpaired) electrons. The summed E-state index contributed by atoms with van der Waals surface area (Å²) in [5, 5.41) is 0. The predicted octanol–water partition coefficient (Wildman–Crippen LogP) is 3.02. The Morgan fingerprint density at radius 3 is 2.18 bits per heavy atom. The summed E-state index contributed by atoms with van der Waals surface area (Å²) in [6.07, 6.45) is 0. The standard InChI is InChI=1S/C6H9Br3O2/c1-4(2)3-11-5(10)6(7,8)9/h4H,3H2,1-2H3. The van der Waals surface area contributed by atoms with Gasteiger partial charge in [-0.15, -0.1) is 0 Å². The van der Waals surface area contributed by atoms with E-state index in [0.29, 0.717) is 12.5 Å². The topological polar surface area (TPSA) is 26.3 Å². The van der Waals surface area contributed by atoms with Crippen LogP contribution in [0.15, 0.2) is 0 Å². The Bertz CT molecular complexity index is 139. The number of hydrogen-bond acceptors (Lipinski definition) is 2. The molecule has 0 amide bonds. The van der Waals surface area contributed by atoms with Crippen molar-refractivity contribution in [3.8, 4) is 0 Å². The number of ether oxygens (including phenoxy) is 1. The molecule has 0 saturated carbocycles. The van der Waals surface area contributed by atoms with E-state index in [1.54, 1.807) is 0 Å². The van der Waals surface area contributed by atoms with E-state index in [0.717, 1.165) is 0 Å². The van der Waals surface area contributed by atoms with E-state index < -0.39 is 2.14 Å². The molecule has 5 heteroatoms. The molecule has 0 fully saturated rings. The Labute approximate surface area is 91.4 Å². The molecule has 0 saturated heterocycles. The molecule has 0 aliphatic rings. The lowest BCUT2D eigenvalue weighted by molar-refractivity contribution is -0.142. The van der Waals surface area contributed by atoms with Crippen molar-refractivity contribution in [1.29, 1.82) is 0 Å². The van der Waals surface area contributed by atoms with Crippen LogP contribution in [0.5, 0.6) is 0 Å². The van der Waals surface area contributed by atoms with Crippen molar-refractivity contribution in [2.45, 2.75) is 16.0 Å². The van der Waals surface area contributed by atoms with Gasteiger partial charge in [-0.25, -0.2) is 4.79 Å². The van der Waals surface area contributed by atoms with Crippen molar-refractivity contribution < 1.29 is 9.53 Å². The zero-order chi connectivity index (χ0) is 9.07. The van der Waals surface area contributed by atoms with Crippen molar-refractivity contribution in [2.24, 2.45) is 5.92 Å². The zero-order valence-corrected chi connectivity index (χ0v) is 11.0. The third-order valence-corrected chi connectivity index (χ3v) is 1.75. The van der Waals surface area contributed by atoms with Crippen LogP contribution in [0, 0.1) is 5.92 Å². The molecule has 0 spiro atoms. The molecule has 0 heterocycles. The first-order chi connectivity index (χ1) is 4.84. The van der Waals surface area contributed by atoms with Crippen molar-refractivity contribution in [3.63, 3.8) is 0 Å². The maximum atomic E-state index is 11.0. The summed E-state index contributed by atoms with van der Waals surface area (Å²) < 4.78 is 3.96. The van der Waals surface area contributed by atoms with Gasteiger partial charge >= 0.3 is 5.97 Å². The molecule has 0 aromatic heterocycles. The molecule has 0 aromatic rings. The van der Waals surface area contributed by atoms with Crippen LogP contribution in [0.4, 0.5) is 0 Å². The highest BCUT2D eigenvalue weighted by Gasteiger charge is 2.30. The van der Waals surface area contributed by atoms with Gasteiger partial charge in [0.1, 0.15) is 0 Å². The van der Waals surface area contributed by atoms with Gasteiger partial charge in [-0.05, 0) is 53.7 Å². The number of carbonyl (C=O) groups is 1.